The molecule has 0 saturated heterocycles. The lowest BCUT2D eigenvalue weighted by atomic mass is 9.87. The summed E-state index contributed by atoms with van der Waals surface area (Å²) in [5.41, 5.74) is 1.44. The summed E-state index contributed by atoms with van der Waals surface area (Å²) in [6.07, 6.45) is 12.1. The summed E-state index contributed by atoms with van der Waals surface area (Å²) in [6.45, 7) is 5.56. The van der Waals surface area contributed by atoms with Gasteiger partial charge in [0.05, 0.1) is 0 Å². The molecule has 0 amide bonds. The van der Waals surface area contributed by atoms with Crippen molar-refractivity contribution in [2.75, 3.05) is 6.54 Å². The predicted octanol–water partition coefficient (Wildman–Crippen LogP) is 3.96. The molecule has 1 fully saturated rings. The third-order valence-electron chi connectivity index (χ3n) is 4.16. The Morgan fingerprint density at radius 1 is 1.28 bits per heavy atom. The van der Waals surface area contributed by atoms with Crippen molar-refractivity contribution in [2.45, 2.75) is 65.0 Å². The van der Waals surface area contributed by atoms with Crippen molar-refractivity contribution < 1.29 is 0 Å². The molecule has 0 bridgehead atoms. The van der Waals surface area contributed by atoms with Gasteiger partial charge in [-0.3, -0.25) is 0 Å². The van der Waals surface area contributed by atoms with Crippen molar-refractivity contribution in [3.05, 3.63) is 24.0 Å². The molecule has 102 valence electrons. The Bertz CT molecular complexity index is 324. The van der Waals surface area contributed by atoms with Gasteiger partial charge in [0.1, 0.15) is 0 Å². The van der Waals surface area contributed by atoms with Crippen LogP contribution in [0.1, 0.15) is 57.6 Å². The van der Waals surface area contributed by atoms with Gasteiger partial charge in [0, 0.05) is 25.0 Å². The first-order valence-electron chi connectivity index (χ1n) is 7.75. The highest BCUT2D eigenvalue weighted by Crippen LogP contribution is 2.26. The first kappa shape index (κ1) is 13.7. The minimum absolute atomic E-state index is 0.984. The molecule has 18 heavy (non-hydrogen) atoms. The molecule has 1 aromatic heterocycles. The molecule has 2 heteroatoms. The summed E-state index contributed by atoms with van der Waals surface area (Å²) in [5.74, 6) is 0.984. The fraction of sp³-hybridized carbons (Fsp3) is 0.750. The maximum atomic E-state index is 3.49. The third kappa shape index (κ3) is 4.16. The number of nitrogens with zero attached hydrogens (tertiary/aromatic N) is 1. The van der Waals surface area contributed by atoms with Crippen molar-refractivity contribution in [2.24, 2.45) is 5.92 Å². The van der Waals surface area contributed by atoms with Gasteiger partial charge in [-0.2, -0.15) is 0 Å². The van der Waals surface area contributed by atoms with E-state index in [0.29, 0.717) is 0 Å². The molecule has 0 radical (unpaired) electrons. The van der Waals surface area contributed by atoms with E-state index in [2.05, 4.69) is 35.1 Å². The smallest absolute Gasteiger partial charge is 0.0359 e. The van der Waals surface area contributed by atoms with E-state index in [-0.39, 0.29) is 0 Å². The normalized spacial score (nSPS) is 17.2. The molecule has 2 rings (SSSR count). The first-order valence-corrected chi connectivity index (χ1v) is 7.75. The number of hydrogen-bond donors (Lipinski definition) is 1. The summed E-state index contributed by atoms with van der Waals surface area (Å²) in [6, 6.07) is 4.44. The maximum Gasteiger partial charge on any atom is 0.0359 e. The molecule has 1 heterocycles. The SMILES string of the molecule is CCCNCc1cccn1CCC1CCCCC1. The molecule has 1 saturated carbocycles. The zero-order valence-corrected chi connectivity index (χ0v) is 11.8. The van der Waals surface area contributed by atoms with Crippen molar-refractivity contribution in [3.8, 4) is 0 Å². The van der Waals surface area contributed by atoms with Crippen molar-refractivity contribution in [1.29, 1.82) is 0 Å². The van der Waals surface area contributed by atoms with E-state index in [1.165, 1.54) is 57.2 Å². The fourth-order valence-corrected chi connectivity index (χ4v) is 3.02. The van der Waals surface area contributed by atoms with Gasteiger partial charge in [0.15, 0.2) is 0 Å². The number of aromatic nitrogens is 1. The van der Waals surface area contributed by atoms with E-state index in [4.69, 9.17) is 0 Å². The minimum atomic E-state index is 0.984. The van der Waals surface area contributed by atoms with E-state index >= 15 is 0 Å². The van der Waals surface area contributed by atoms with Crippen molar-refractivity contribution in [3.63, 3.8) is 0 Å². The molecule has 2 nitrogen and oxygen atoms in total. The Morgan fingerprint density at radius 3 is 2.89 bits per heavy atom. The molecule has 0 aromatic carbocycles. The van der Waals surface area contributed by atoms with Crippen LogP contribution in [0.3, 0.4) is 0 Å². The second-order valence-electron chi connectivity index (χ2n) is 5.66. The van der Waals surface area contributed by atoms with Crippen molar-refractivity contribution >= 4 is 0 Å². The molecular weight excluding hydrogens is 220 g/mol. The van der Waals surface area contributed by atoms with Crippen LogP contribution in [0.5, 0.6) is 0 Å². The number of hydrogen-bond acceptors (Lipinski definition) is 1. The Morgan fingerprint density at radius 2 is 2.11 bits per heavy atom. The largest absolute Gasteiger partial charge is 0.350 e. The van der Waals surface area contributed by atoms with Gasteiger partial charge in [-0.1, -0.05) is 39.0 Å². The quantitative estimate of drug-likeness (QED) is 0.723. The Hall–Kier alpha value is -0.760. The molecule has 0 atom stereocenters. The molecular formula is C16H28N2. The second-order valence-corrected chi connectivity index (χ2v) is 5.66. The first-order chi connectivity index (χ1) is 8.90. The molecule has 0 unspecified atom stereocenters. The monoisotopic (exact) mass is 248 g/mol. The van der Waals surface area contributed by atoms with Gasteiger partial charge in [-0.25, -0.2) is 0 Å². The van der Waals surface area contributed by atoms with Crippen LogP contribution >= 0.6 is 0 Å². The summed E-state index contributed by atoms with van der Waals surface area (Å²) < 4.78 is 2.44. The number of aryl methyl sites for hydroxylation is 1. The topological polar surface area (TPSA) is 17.0 Å². The minimum Gasteiger partial charge on any atom is -0.350 e. The van der Waals surface area contributed by atoms with E-state index in [0.717, 1.165) is 19.0 Å². The summed E-state index contributed by atoms with van der Waals surface area (Å²) in [5, 5.41) is 3.49. The van der Waals surface area contributed by atoms with Gasteiger partial charge >= 0.3 is 0 Å². The average Bonchev–Trinajstić information content (AvgIpc) is 2.86. The lowest BCUT2D eigenvalue weighted by Gasteiger charge is -2.22. The predicted molar refractivity (Wildman–Crippen MR) is 77.6 cm³/mol. The maximum absolute atomic E-state index is 3.49. The fourth-order valence-electron chi connectivity index (χ4n) is 3.02. The van der Waals surface area contributed by atoms with Crippen LogP contribution in [-0.4, -0.2) is 11.1 Å². The molecule has 0 aliphatic heterocycles. The van der Waals surface area contributed by atoms with Gasteiger partial charge in [0.25, 0.3) is 0 Å². The van der Waals surface area contributed by atoms with Gasteiger partial charge in [-0.05, 0) is 37.4 Å². The summed E-state index contributed by atoms with van der Waals surface area (Å²) in [7, 11) is 0. The highest BCUT2D eigenvalue weighted by Gasteiger charge is 2.13. The molecule has 1 aromatic rings. The number of nitrogens with one attached hydrogen (secondary N) is 1. The van der Waals surface area contributed by atoms with E-state index in [1.54, 1.807) is 0 Å². The molecule has 1 aliphatic rings. The number of rotatable bonds is 7. The lowest BCUT2D eigenvalue weighted by Crippen LogP contribution is -2.17. The van der Waals surface area contributed by atoms with Crippen LogP contribution in [0.2, 0.25) is 0 Å². The van der Waals surface area contributed by atoms with E-state index in [9.17, 15) is 0 Å². The average molecular weight is 248 g/mol. The van der Waals surface area contributed by atoms with Crippen LogP contribution in [0.4, 0.5) is 0 Å². The molecule has 0 spiro atoms. The van der Waals surface area contributed by atoms with Crippen LogP contribution in [-0.2, 0) is 13.1 Å². The summed E-state index contributed by atoms with van der Waals surface area (Å²) in [4.78, 5) is 0. The Kier molecular flexibility index (Phi) is 5.79. The Balaban J connectivity index is 1.75. The zero-order chi connectivity index (χ0) is 12.6. The van der Waals surface area contributed by atoms with Crippen LogP contribution in [0, 0.1) is 5.92 Å². The highest BCUT2D eigenvalue weighted by atomic mass is 15.0. The third-order valence-corrected chi connectivity index (χ3v) is 4.16. The van der Waals surface area contributed by atoms with Crippen molar-refractivity contribution in [1.82, 2.24) is 9.88 Å². The van der Waals surface area contributed by atoms with Crippen LogP contribution in [0.25, 0.3) is 0 Å². The van der Waals surface area contributed by atoms with Gasteiger partial charge < -0.3 is 9.88 Å². The lowest BCUT2D eigenvalue weighted by molar-refractivity contribution is 0.322. The van der Waals surface area contributed by atoms with Crippen LogP contribution < -0.4 is 5.32 Å². The second kappa shape index (κ2) is 7.63. The standard InChI is InChI=1S/C16H28N2/c1-2-11-17-14-16-9-6-12-18(16)13-10-15-7-4-3-5-8-15/h6,9,12,15,17H,2-5,7-8,10-11,13-14H2,1H3. The van der Waals surface area contributed by atoms with Gasteiger partial charge in [0.2, 0.25) is 0 Å². The zero-order valence-electron chi connectivity index (χ0n) is 11.8. The van der Waals surface area contributed by atoms with E-state index in [1.807, 2.05) is 0 Å². The highest BCUT2D eigenvalue weighted by molar-refractivity contribution is 5.06. The molecule has 1 N–H and O–H groups in total. The van der Waals surface area contributed by atoms with E-state index < -0.39 is 0 Å². The van der Waals surface area contributed by atoms with Gasteiger partial charge in [-0.15, -0.1) is 0 Å². The van der Waals surface area contributed by atoms with Crippen LogP contribution in [0.15, 0.2) is 18.3 Å². The Labute approximate surface area is 112 Å². The summed E-state index contributed by atoms with van der Waals surface area (Å²) >= 11 is 0. The molecule has 1 aliphatic carbocycles.